The highest BCUT2D eigenvalue weighted by Gasteiger charge is 2.35. The van der Waals surface area contributed by atoms with Crippen molar-refractivity contribution in [3.05, 3.63) is 28.8 Å². The van der Waals surface area contributed by atoms with Crippen molar-refractivity contribution in [1.82, 2.24) is 4.90 Å². The summed E-state index contributed by atoms with van der Waals surface area (Å²) in [4.78, 5) is 2.53. The number of hydrogen-bond acceptors (Lipinski definition) is 2. The number of halogens is 1. The Morgan fingerprint density at radius 2 is 2.06 bits per heavy atom. The summed E-state index contributed by atoms with van der Waals surface area (Å²) in [5.74, 6) is 1.21. The van der Waals surface area contributed by atoms with Gasteiger partial charge < -0.3 is 5.11 Å². The van der Waals surface area contributed by atoms with Crippen LogP contribution >= 0.6 is 11.6 Å². The van der Waals surface area contributed by atoms with Gasteiger partial charge in [0.25, 0.3) is 0 Å². The van der Waals surface area contributed by atoms with Crippen molar-refractivity contribution in [1.29, 1.82) is 0 Å². The Labute approximate surface area is 114 Å². The molecule has 1 N–H and O–H groups in total. The highest BCUT2D eigenvalue weighted by molar-refractivity contribution is 6.31. The Bertz CT molecular complexity index is 414. The minimum atomic E-state index is 0.336. The fourth-order valence-electron chi connectivity index (χ4n) is 3.66. The predicted octanol–water partition coefficient (Wildman–Crippen LogP) is 3.81. The molecule has 1 saturated heterocycles. The maximum absolute atomic E-state index is 9.95. The lowest BCUT2D eigenvalue weighted by Crippen LogP contribution is -2.41. The number of likely N-dealkylation sites (tertiary alicyclic amines) is 1. The van der Waals surface area contributed by atoms with Gasteiger partial charge in [-0.25, -0.2) is 0 Å². The summed E-state index contributed by atoms with van der Waals surface area (Å²) in [5.41, 5.74) is 0.895. The van der Waals surface area contributed by atoms with Gasteiger partial charge in [-0.3, -0.25) is 4.90 Å². The molecule has 1 aliphatic heterocycles. The Kier molecular flexibility index (Phi) is 3.49. The van der Waals surface area contributed by atoms with E-state index in [0.29, 0.717) is 10.8 Å². The van der Waals surface area contributed by atoms with E-state index in [0.717, 1.165) is 30.6 Å². The zero-order chi connectivity index (χ0) is 12.5. The Morgan fingerprint density at radius 1 is 1.22 bits per heavy atom. The van der Waals surface area contributed by atoms with E-state index in [1.807, 2.05) is 6.07 Å². The number of fused-ring (bicyclic) bond motifs is 1. The number of phenolic OH excluding ortho intramolecular Hbond substituents is 1. The number of aromatic hydroxyl groups is 1. The number of benzene rings is 1. The molecule has 3 heteroatoms. The molecule has 1 aromatic carbocycles. The molecule has 2 fully saturated rings. The van der Waals surface area contributed by atoms with E-state index in [4.69, 9.17) is 11.6 Å². The Morgan fingerprint density at radius 3 is 2.89 bits per heavy atom. The van der Waals surface area contributed by atoms with Gasteiger partial charge >= 0.3 is 0 Å². The van der Waals surface area contributed by atoms with Crippen molar-refractivity contribution in [2.24, 2.45) is 5.92 Å². The van der Waals surface area contributed by atoms with Crippen molar-refractivity contribution in [2.45, 2.75) is 44.7 Å². The summed E-state index contributed by atoms with van der Waals surface area (Å²) in [6, 6.07) is 6.12. The topological polar surface area (TPSA) is 23.5 Å². The SMILES string of the molecule is Oc1cccc(Cl)c1CN1CCCC2CCCC21. The lowest BCUT2D eigenvalue weighted by molar-refractivity contribution is 0.105. The molecule has 0 spiro atoms. The monoisotopic (exact) mass is 265 g/mol. The van der Waals surface area contributed by atoms with E-state index < -0.39 is 0 Å². The van der Waals surface area contributed by atoms with Gasteiger partial charge in [-0.15, -0.1) is 0 Å². The molecule has 3 rings (SSSR count). The van der Waals surface area contributed by atoms with Gasteiger partial charge in [-0.05, 0) is 50.3 Å². The van der Waals surface area contributed by atoms with Gasteiger partial charge in [0.15, 0.2) is 0 Å². The number of nitrogens with zero attached hydrogens (tertiary/aromatic N) is 1. The number of piperidine rings is 1. The zero-order valence-corrected chi connectivity index (χ0v) is 11.4. The first-order chi connectivity index (χ1) is 8.75. The van der Waals surface area contributed by atoms with E-state index in [1.165, 1.54) is 32.1 Å². The molecule has 0 bridgehead atoms. The highest BCUT2D eigenvalue weighted by Crippen LogP contribution is 2.38. The summed E-state index contributed by atoms with van der Waals surface area (Å²) in [6.45, 7) is 1.94. The molecule has 18 heavy (non-hydrogen) atoms. The molecule has 2 unspecified atom stereocenters. The lowest BCUT2D eigenvalue weighted by atomic mass is 9.91. The molecule has 1 aromatic rings. The maximum atomic E-state index is 9.95. The van der Waals surface area contributed by atoms with E-state index in [2.05, 4.69) is 4.90 Å². The highest BCUT2D eigenvalue weighted by atomic mass is 35.5. The van der Waals surface area contributed by atoms with Crippen LogP contribution in [0.5, 0.6) is 5.75 Å². The van der Waals surface area contributed by atoms with Crippen LogP contribution in [0.15, 0.2) is 18.2 Å². The zero-order valence-electron chi connectivity index (χ0n) is 10.6. The molecular weight excluding hydrogens is 246 g/mol. The molecule has 1 aliphatic carbocycles. The first-order valence-corrected chi connectivity index (χ1v) is 7.34. The Hall–Kier alpha value is -0.730. The quantitative estimate of drug-likeness (QED) is 0.879. The molecule has 2 nitrogen and oxygen atoms in total. The predicted molar refractivity (Wildman–Crippen MR) is 73.9 cm³/mol. The molecule has 0 radical (unpaired) electrons. The summed E-state index contributed by atoms with van der Waals surface area (Å²) in [5, 5.41) is 10.6. The summed E-state index contributed by atoms with van der Waals surface area (Å²) < 4.78 is 0. The third kappa shape index (κ3) is 2.24. The van der Waals surface area contributed by atoms with Crippen molar-refractivity contribution in [3.8, 4) is 5.75 Å². The van der Waals surface area contributed by atoms with Crippen LogP contribution < -0.4 is 0 Å². The third-order valence-electron chi connectivity index (χ3n) is 4.56. The summed E-state index contributed by atoms with van der Waals surface area (Å²) >= 11 is 6.20. The van der Waals surface area contributed by atoms with Crippen LogP contribution in [0, 0.1) is 5.92 Å². The van der Waals surface area contributed by atoms with E-state index in [1.54, 1.807) is 12.1 Å². The second kappa shape index (κ2) is 5.10. The van der Waals surface area contributed by atoms with Crippen LogP contribution in [0.3, 0.4) is 0 Å². The standard InChI is InChI=1S/C15H20ClNO/c16-13-6-2-8-15(18)12(13)10-17-9-3-5-11-4-1-7-14(11)17/h2,6,8,11,14,18H,1,3-5,7,9-10H2. The maximum Gasteiger partial charge on any atom is 0.121 e. The van der Waals surface area contributed by atoms with Gasteiger partial charge in [0.1, 0.15) is 5.75 Å². The number of phenols is 1. The summed E-state index contributed by atoms with van der Waals surface area (Å²) in [7, 11) is 0. The lowest BCUT2D eigenvalue weighted by Gasteiger charge is -2.38. The van der Waals surface area contributed by atoms with Crippen LogP contribution in [-0.4, -0.2) is 22.6 Å². The first kappa shape index (κ1) is 12.3. The molecule has 1 heterocycles. The third-order valence-corrected chi connectivity index (χ3v) is 4.92. The molecule has 98 valence electrons. The molecule has 2 atom stereocenters. The van der Waals surface area contributed by atoms with Gasteiger partial charge in [0.2, 0.25) is 0 Å². The fourth-order valence-corrected chi connectivity index (χ4v) is 3.89. The average Bonchev–Trinajstić information content (AvgIpc) is 2.83. The van der Waals surface area contributed by atoms with Crippen molar-refractivity contribution in [3.63, 3.8) is 0 Å². The van der Waals surface area contributed by atoms with Crippen LogP contribution in [-0.2, 0) is 6.54 Å². The van der Waals surface area contributed by atoms with Crippen molar-refractivity contribution < 1.29 is 5.11 Å². The van der Waals surface area contributed by atoms with Crippen LogP contribution in [0.4, 0.5) is 0 Å². The van der Waals surface area contributed by atoms with E-state index in [9.17, 15) is 5.11 Å². The molecular formula is C15H20ClNO. The smallest absolute Gasteiger partial charge is 0.121 e. The van der Waals surface area contributed by atoms with Gasteiger partial charge in [-0.1, -0.05) is 24.1 Å². The molecule has 2 aliphatic rings. The average molecular weight is 266 g/mol. The van der Waals surface area contributed by atoms with Crippen molar-refractivity contribution in [2.75, 3.05) is 6.54 Å². The van der Waals surface area contributed by atoms with Gasteiger partial charge in [0.05, 0.1) is 0 Å². The second-order valence-corrected chi connectivity index (χ2v) is 6.02. The molecule has 1 saturated carbocycles. The minimum absolute atomic E-state index is 0.336. The van der Waals surface area contributed by atoms with Crippen LogP contribution in [0.25, 0.3) is 0 Å². The van der Waals surface area contributed by atoms with E-state index >= 15 is 0 Å². The molecule has 0 amide bonds. The van der Waals surface area contributed by atoms with E-state index in [-0.39, 0.29) is 0 Å². The van der Waals surface area contributed by atoms with Gasteiger partial charge in [0, 0.05) is 23.2 Å². The second-order valence-electron chi connectivity index (χ2n) is 5.61. The van der Waals surface area contributed by atoms with Crippen molar-refractivity contribution >= 4 is 11.6 Å². The summed E-state index contributed by atoms with van der Waals surface area (Å²) in [6.07, 6.45) is 6.73. The van der Waals surface area contributed by atoms with Crippen LogP contribution in [0.2, 0.25) is 5.02 Å². The Balaban J connectivity index is 1.79. The first-order valence-electron chi connectivity index (χ1n) is 6.96. The fraction of sp³-hybridized carbons (Fsp3) is 0.600. The molecule has 0 aromatic heterocycles. The minimum Gasteiger partial charge on any atom is -0.508 e. The number of rotatable bonds is 2. The normalized spacial score (nSPS) is 28.3. The number of hydrogen-bond donors (Lipinski definition) is 1. The van der Waals surface area contributed by atoms with Gasteiger partial charge in [-0.2, -0.15) is 0 Å². The van der Waals surface area contributed by atoms with Crippen LogP contribution in [0.1, 0.15) is 37.7 Å². The largest absolute Gasteiger partial charge is 0.508 e.